The van der Waals surface area contributed by atoms with Crippen LogP contribution in [-0.2, 0) is 13.8 Å². The fraction of sp³-hybridized carbons (Fsp3) is 0.385. The summed E-state index contributed by atoms with van der Waals surface area (Å²) in [6, 6.07) is 3.40. The summed E-state index contributed by atoms with van der Waals surface area (Å²) in [4.78, 5) is 21.6. The summed E-state index contributed by atoms with van der Waals surface area (Å²) in [6.45, 7) is -0.647. The second kappa shape index (κ2) is 5.82. The van der Waals surface area contributed by atoms with E-state index in [4.69, 9.17) is 26.7 Å². The van der Waals surface area contributed by atoms with Crippen LogP contribution in [0.15, 0.2) is 18.5 Å². The molecule has 2 aromatic heterocycles. The molecule has 0 aromatic carbocycles. The molecule has 0 unspecified atom stereocenters. The van der Waals surface area contributed by atoms with Crippen molar-refractivity contribution in [3.05, 3.63) is 24.2 Å². The molecule has 1 saturated heterocycles. The van der Waals surface area contributed by atoms with Crippen LogP contribution < -0.4 is 5.73 Å². The van der Waals surface area contributed by atoms with Gasteiger partial charge in [-0.05, 0) is 12.1 Å². The molecule has 3 heterocycles. The highest BCUT2D eigenvalue weighted by atomic mass is 31.2. The van der Waals surface area contributed by atoms with Crippen molar-refractivity contribution < 1.29 is 28.7 Å². The van der Waals surface area contributed by atoms with Gasteiger partial charge in [-0.15, -0.1) is 6.42 Å². The average molecular weight is 354 g/mol. The number of aromatic nitrogens is 3. The second-order valence-electron chi connectivity index (χ2n) is 5.36. The average Bonchev–Trinajstić information content (AvgIpc) is 3.07. The van der Waals surface area contributed by atoms with Crippen molar-refractivity contribution in [1.82, 2.24) is 14.6 Å². The maximum atomic E-state index is 10.9. The summed E-state index contributed by atoms with van der Waals surface area (Å²) in [7, 11) is -4.75. The molecule has 1 aliphatic rings. The van der Waals surface area contributed by atoms with E-state index in [2.05, 4.69) is 20.5 Å². The molecule has 0 spiro atoms. The Kier molecular flexibility index (Phi) is 4.09. The zero-order valence-electron chi connectivity index (χ0n) is 12.3. The maximum Gasteiger partial charge on any atom is 0.469 e. The number of terminal acetylenes is 1. The predicted octanol–water partition coefficient (Wildman–Crippen LogP) is -0.385. The molecule has 0 bridgehead atoms. The Labute approximate surface area is 136 Å². The fourth-order valence-electron chi connectivity index (χ4n) is 2.65. The van der Waals surface area contributed by atoms with Gasteiger partial charge in [-0.1, -0.05) is 5.92 Å². The molecule has 24 heavy (non-hydrogen) atoms. The Bertz CT molecular complexity index is 858. The molecule has 128 valence electrons. The number of hydrogen-bond acceptors (Lipinski definition) is 7. The number of phosphoric acid groups is 1. The number of ether oxygens (including phenoxy) is 1. The van der Waals surface area contributed by atoms with Gasteiger partial charge in [0.15, 0.2) is 11.4 Å². The van der Waals surface area contributed by atoms with E-state index in [-0.39, 0.29) is 12.2 Å². The Balaban J connectivity index is 1.90. The number of nitrogens with zero attached hydrogens (tertiary/aromatic N) is 3. The van der Waals surface area contributed by atoms with Crippen LogP contribution in [0.4, 0.5) is 5.82 Å². The molecule has 1 aliphatic heterocycles. The number of aliphatic hydroxyl groups excluding tert-OH is 1. The van der Waals surface area contributed by atoms with Gasteiger partial charge in [-0.3, -0.25) is 4.52 Å². The van der Waals surface area contributed by atoms with Crippen LogP contribution in [0.1, 0.15) is 18.2 Å². The molecule has 11 heteroatoms. The molecule has 5 N–H and O–H groups in total. The first-order valence-corrected chi connectivity index (χ1v) is 8.40. The van der Waals surface area contributed by atoms with Gasteiger partial charge in [-0.2, -0.15) is 5.10 Å². The number of aliphatic hydroxyl groups is 1. The van der Waals surface area contributed by atoms with Crippen molar-refractivity contribution >= 4 is 19.2 Å². The highest BCUT2D eigenvalue weighted by Crippen LogP contribution is 2.44. The zero-order valence-corrected chi connectivity index (χ0v) is 13.2. The number of anilines is 1. The predicted molar refractivity (Wildman–Crippen MR) is 81.4 cm³/mol. The van der Waals surface area contributed by atoms with E-state index in [1.165, 1.54) is 10.8 Å². The fourth-order valence-corrected chi connectivity index (χ4v) is 3.01. The van der Waals surface area contributed by atoms with E-state index < -0.39 is 32.2 Å². The van der Waals surface area contributed by atoms with Crippen molar-refractivity contribution in [3.8, 4) is 12.3 Å². The van der Waals surface area contributed by atoms with Crippen LogP contribution in [0.25, 0.3) is 5.52 Å². The van der Waals surface area contributed by atoms with Crippen LogP contribution in [0.5, 0.6) is 0 Å². The van der Waals surface area contributed by atoms with Crippen LogP contribution in [0.2, 0.25) is 0 Å². The first-order valence-electron chi connectivity index (χ1n) is 6.87. The Morgan fingerprint density at radius 1 is 1.58 bits per heavy atom. The lowest BCUT2D eigenvalue weighted by molar-refractivity contribution is -0.0717. The zero-order chi connectivity index (χ0) is 17.5. The van der Waals surface area contributed by atoms with Crippen molar-refractivity contribution in [2.24, 2.45) is 0 Å². The monoisotopic (exact) mass is 354 g/mol. The minimum atomic E-state index is -4.75. The number of rotatable bonds is 4. The summed E-state index contributed by atoms with van der Waals surface area (Å²) in [5.41, 5.74) is 5.24. The number of nitrogen functional groups attached to an aromatic ring is 1. The lowest BCUT2D eigenvalue weighted by Crippen LogP contribution is -2.42. The normalized spacial score (nSPS) is 27.4. The second-order valence-corrected chi connectivity index (χ2v) is 6.60. The first kappa shape index (κ1) is 16.9. The summed E-state index contributed by atoms with van der Waals surface area (Å²) in [5.74, 6) is 2.52. The molecular weight excluding hydrogens is 339 g/mol. The summed E-state index contributed by atoms with van der Waals surface area (Å²) >= 11 is 0. The quantitative estimate of drug-likeness (QED) is 0.425. The van der Waals surface area contributed by atoms with Crippen LogP contribution in [-0.4, -0.2) is 47.8 Å². The summed E-state index contributed by atoms with van der Waals surface area (Å²) in [5, 5.41) is 14.4. The van der Waals surface area contributed by atoms with E-state index in [0.717, 1.165) is 0 Å². The lowest BCUT2D eigenvalue weighted by Gasteiger charge is -2.26. The smallest absolute Gasteiger partial charge is 0.389 e. The topological polar surface area (TPSA) is 152 Å². The largest absolute Gasteiger partial charge is 0.469 e. The third-order valence-corrected chi connectivity index (χ3v) is 4.33. The Morgan fingerprint density at radius 2 is 2.33 bits per heavy atom. The van der Waals surface area contributed by atoms with E-state index in [9.17, 15) is 9.67 Å². The van der Waals surface area contributed by atoms with Crippen LogP contribution >= 0.6 is 7.82 Å². The van der Waals surface area contributed by atoms with Gasteiger partial charge < -0.3 is 25.4 Å². The van der Waals surface area contributed by atoms with Gasteiger partial charge in [0.25, 0.3) is 0 Å². The van der Waals surface area contributed by atoms with Crippen molar-refractivity contribution in [3.63, 3.8) is 0 Å². The number of fused-ring (bicyclic) bond motifs is 1. The van der Waals surface area contributed by atoms with Gasteiger partial charge in [0.2, 0.25) is 0 Å². The van der Waals surface area contributed by atoms with E-state index >= 15 is 0 Å². The molecule has 3 rings (SSSR count). The molecule has 0 radical (unpaired) electrons. The summed E-state index contributed by atoms with van der Waals surface area (Å²) < 4.78 is 22.6. The number of phosphoric ester groups is 1. The van der Waals surface area contributed by atoms with Crippen LogP contribution in [0, 0.1) is 12.3 Å². The van der Waals surface area contributed by atoms with Crippen molar-refractivity contribution in [2.75, 3.05) is 12.3 Å². The number of hydrogen-bond donors (Lipinski definition) is 4. The van der Waals surface area contributed by atoms with Crippen molar-refractivity contribution in [1.29, 1.82) is 0 Å². The van der Waals surface area contributed by atoms with Gasteiger partial charge >= 0.3 is 7.82 Å². The van der Waals surface area contributed by atoms with Crippen molar-refractivity contribution in [2.45, 2.75) is 24.2 Å². The molecule has 0 amide bonds. The minimum absolute atomic E-state index is 0.102. The third kappa shape index (κ3) is 2.89. The van der Waals surface area contributed by atoms with E-state index in [1.807, 2.05) is 0 Å². The van der Waals surface area contributed by atoms with E-state index in [1.54, 1.807) is 12.1 Å². The van der Waals surface area contributed by atoms with E-state index in [0.29, 0.717) is 11.2 Å². The molecule has 3 atom stereocenters. The van der Waals surface area contributed by atoms with Gasteiger partial charge in [0.1, 0.15) is 24.6 Å². The molecule has 1 fully saturated rings. The Morgan fingerprint density at radius 3 is 3.00 bits per heavy atom. The molecule has 2 aromatic rings. The first-order chi connectivity index (χ1) is 11.3. The lowest BCUT2D eigenvalue weighted by atomic mass is 9.98. The standard InChI is InChI=1S/C13H15N4O6P/c1-2-13(6-22-24(19,20)21)11(18)5-10(23-13)8-3-4-9-12(14)15-7-16-17(8)9/h1,3-4,7,10-11,18H,5-6H2,(H2,14,15,16)(H2,19,20,21)/t10-,11+,13-/m1/s1. The Hall–Kier alpha value is -1.99. The van der Waals surface area contributed by atoms with Gasteiger partial charge in [-0.25, -0.2) is 14.1 Å². The number of nitrogens with two attached hydrogens (primary N) is 1. The molecule has 0 saturated carbocycles. The highest BCUT2D eigenvalue weighted by Gasteiger charge is 2.49. The van der Waals surface area contributed by atoms with Gasteiger partial charge in [0.05, 0.1) is 11.8 Å². The minimum Gasteiger partial charge on any atom is -0.389 e. The molecular formula is C13H15N4O6P. The molecule has 10 nitrogen and oxygen atoms in total. The molecule has 0 aliphatic carbocycles. The summed E-state index contributed by atoms with van der Waals surface area (Å²) in [6.07, 6.45) is 4.97. The van der Waals surface area contributed by atoms with Gasteiger partial charge in [0, 0.05) is 6.42 Å². The maximum absolute atomic E-state index is 10.9. The van der Waals surface area contributed by atoms with Crippen LogP contribution in [0.3, 0.4) is 0 Å². The highest BCUT2D eigenvalue weighted by molar-refractivity contribution is 7.46. The SMILES string of the molecule is C#C[C@]1(COP(=O)(O)O)O[C@@H](c2ccc3c(N)ncnn23)C[C@@H]1O. The third-order valence-electron chi connectivity index (χ3n) is 3.86.